The van der Waals surface area contributed by atoms with Gasteiger partial charge in [-0.15, -0.1) is 0 Å². The molecule has 1 unspecified atom stereocenters. The zero-order valence-electron chi connectivity index (χ0n) is 15.0. The molecular weight excluding hydrogens is 318 g/mol. The molecule has 0 aliphatic carbocycles. The molecule has 138 valence electrons. The van der Waals surface area contributed by atoms with E-state index in [1.165, 1.54) is 0 Å². The molecule has 0 radical (unpaired) electrons. The standard InChI is InChI=1S/C19H29N3O3/c1-2-6-17(21-18(23)15-16-7-4-3-5-8-16)19(24)20-9-10-22-11-13-25-14-12-22/h3-5,7-8,17H,2,6,9-15H2,1H3,(H,20,24)(H,21,23). The van der Waals surface area contributed by atoms with Crippen LogP contribution in [0.15, 0.2) is 30.3 Å². The molecule has 1 heterocycles. The van der Waals surface area contributed by atoms with Crippen LogP contribution in [-0.4, -0.2) is 62.1 Å². The van der Waals surface area contributed by atoms with Gasteiger partial charge in [0.2, 0.25) is 11.8 Å². The molecule has 1 aliphatic heterocycles. The second kappa shape index (κ2) is 10.8. The number of rotatable bonds is 9. The van der Waals surface area contributed by atoms with Gasteiger partial charge >= 0.3 is 0 Å². The fourth-order valence-electron chi connectivity index (χ4n) is 2.87. The van der Waals surface area contributed by atoms with Crippen LogP contribution >= 0.6 is 0 Å². The second-order valence-corrected chi connectivity index (χ2v) is 6.32. The van der Waals surface area contributed by atoms with Gasteiger partial charge in [0.15, 0.2) is 0 Å². The molecule has 1 aromatic rings. The summed E-state index contributed by atoms with van der Waals surface area (Å²) >= 11 is 0. The maximum atomic E-state index is 12.4. The zero-order valence-corrected chi connectivity index (χ0v) is 15.0. The lowest BCUT2D eigenvalue weighted by Gasteiger charge is -2.27. The highest BCUT2D eigenvalue weighted by molar-refractivity contribution is 5.88. The molecule has 6 heteroatoms. The number of morpholine rings is 1. The SMILES string of the molecule is CCCC(NC(=O)Cc1ccccc1)C(=O)NCCN1CCOCC1. The molecule has 0 saturated carbocycles. The highest BCUT2D eigenvalue weighted by atomic mass is 16.5. The summed E-state index contributed by atoms with van der Waals surface area (Å²) in [4.78, 5) is 26.9. The Morgan fingerprint density at radius 1 is 1.20 bits per heavy atom. The van der Waals surface area contributed by atoms with Crippen molar-refractivity contribution in [3.05, 3.63) is 35.9 Å². The van der Waals surface area contributed by atoms with Crippen LogP contribution < -0.4 is 10.6 Å². The van der Waals surface area contributed by atoms with Gasteiger partial charge in [-0.3, -0.25) is 14.5 Å². The van der Waals surface area contributed by atoms with Crippen LogP contribution in [0.4, 0.5) is 0 Å². The van der Waals surface area contributed by atoms with E-state index >= 15 is 0 Å². The smallest absolute Gasteiger partial charge is 0.242 e. The van der Waals surface area contributed by atoms with Crippen LogP contribution in [0.1, 0.15) is 25.3 Å². The fraction of sp³-hybridized carbons (Fsp3) is 0.579. The van der Waals surface area contributed by atoms with E-state index in [0.717, 1.165) is 44.8 Å². The number of ether oxygens (including phenoxy) is 1. The van der Waals surface area contributed by atoms with Crippen molar-refractivity contribution in [1.82, 2.24) is 15.5 Å². The second-order valence-electron chi connectivity index (χ2n) is 6.32. The molecule has 1 aromatic carbocycles. The lowest BCUT2D eigenvalue weighted by molar-refractivity contribution is -0.128. The van der Waals surface area contributed by atoms with Gasteiger partial charge in [-0.25, -0.2) is 0 Å². The van der Waals surface area contributed by atoms with Gasteiger partial charge in [-0.05, 0) is 12.0 Å². The van der Waals surface area contributed by atoms with E-state index in [1.54, 1.807) is 0 Å². The Kier molecular flexibility index (Phi) is 8.42. The van der Waals surface area contributed by atoms with Gasteiger partial charge in [-0.2, -0.15) is 0 Å². The number of hydrogen-bond acceptors (Lipinski definition) is 4. The first-order valence-electron chi connectivity index (χ1n) is 9.10. The van der Waals surface area contributed by atoms with Gasteiger partial charge in [-0.1, -0.05) is 43.7 Å². The van der Waals surface area contributed by atoms with Crippen molar-refractivity contribution in [3.63, 3.8) is 0 Å². The molecule has 0 spiro atoms. The molecule has 0 aromatic heterocycles. The molecule has 1 aliphatic rings. The van der Waals surface area contributed by atoms with E-state index in [-0.39, 0.29) is 11.8 Å². The summed E-state index contributed by atoms with van der Waals surface area (Å²) in [5, 5.41) is 5.82. The minimum Gasteiger partial charge on any atom is -0.379 e. The average Bonchev–Trinajstić information content (AvgIpc) is 2.63. The van der Waals surface area contributed by atoms with Gasteiger partial charge in [0.05, 0.1) is 19.6 Å². The summed E-state index contributed by atoms with van der Waals surface area (Å²) in [6.45, 7) is 6.73. The van der Waals surface area contributed by atoms with Crippen molar-refractivity contribution in [2.75, 3.05) is 39.4 Å². The summed E-state index contributed by atoms with van der Waals surface area (Å²) in [5.74, 6) is -0.218. The van der Waals surface area contributed by atoms with E-state index in [4.69, 9.17) is 4.74 Å². The quantitative estimate of drug-likeness (QED) is 0.698. The Hall–Kier alpha value is -1.92. The molecule has 1 atom stereocenters. The minimum absolute atomic E-state index is 0.100. The Labute approximate surface area is 149 Å². The van der Waals surface area contributed by atoms with E-state index in [1.807, 2.05) is 37.3 Å². The monoisotopic (exact) mass is 347 g/mol. The first kappa shape index (κ1) is 19.4. The molecule has 2 rings (SSSR count). The molecule has 1 saturated heterocycles. The van der Waals surface area contributed by atoms with Crippen LogP contribution in [0.25, 0.3) is 0 Å². The number of hydrogen-bond donors (Lipinski definition) is 2. The molecule has 1 fully saturated rings. The number of carbonyl (C=O) groups excluding carboxylic acids is 2. The van der Waals surface area contributed by atoms with Crippen LogP contribution in [-0.2, 0) is 20.7 Å². The minimum atomic E-state index is -0.467. The van der Waals surface area contributed by atoms with Crippen molar-refractivity contribution in [2.45, 2.75) is 32.2 Å². The maximum Gasteiger partial charge on any atom is 0.242 e. The van der Waals surface area contributed by atoms with Crippen molar-refractivity contribution in [1.29, 1.82) is 0 Å². The van der Waals surface area contributed by atoms with E-state index < -0.39 is 6.04 Å². The van der Waals surface area contributed by atoms with E-state index in [9.17, 15) is 9.59 Å². The van der Waals surface area contributed by atoms with Crippen LogP contribution in [0.3, 0.4) is 0 Å². The molecule has 6 nitrogen and oxygen atoms in total. The topological polar surface area (TPSA) is 70.7 Å². The predicted molar refractivity (Wildman–Crippen MR) is 97.3 cm³/mol. The molecule has 25 heavy (non-hydrogen) atoms. The number of nitrogens with one attached hydrogen (secondary N) is 2. The normalized spacial score (nSPS) is 16.2. The number of benzene rings is 1. The maximum absolute atomic E-state index is 12.4. The van der Waals surface area contributed by atoms with Crippen LogP contribution in [0, 0.1) is 0 Å². The molecule has 0 bridgehead atoms. The first-order chi connectivity index (χ1) is 12.2. The number of nitrogens with zero attached hydrogens (tertiary/aromatic N) is 1. The Bertz CT molecular complexity index is 530. The van der Waals surface area contributed by atoms with Crippen LogP contribution in [0.2, 0.25) is 0 Å². The summed E-state index contributed by atoms with van der Waals surface area (Å²) < 4.78 is 5.31. The Morgan fingerprint density at radius 3 is 2.60 bits per heavy atom. The predicted octanol–water partition coefficient (Wildman–Crippen LogP) is 0.962. The van der Waals surface area contributed by atoms with Crippen molar-refractivity contribution < 1.29 is 14.3 Å². The summed E-state index contributed by atoms with van der Waals surface area (Å²) in [6.07, 6.45) is 1.78. The van der Waals surface area contributed by atoms with Crippen LogP contribution in [0.5, 0.6) is 0 Å². The molecule has 2 N–H and O–H groups in total. The lowest BCUT2D eigenvalue weighted by Crippen LogP contribution is -2.49. The third-order valence-electron chi connectivity index (χ3n) is 4.27. The first-order valence-corrected chi connectivity index (χ1v) is 9.10. The van der Waals surface area contributed by atoms with E-state index in [2.05, 4.69) is 15.5 Å². The van der Waals surface area contributed by atoms with Gasteiger partial charge in [0.1, 0.15) is 6.04 Å². The Balaban J connectivity index is 1.75. The van der Waals surface area contributed by atoms with Crippen molar-refractivity contribution >= 4 is 11.8 Å². The van der Waals surface area contributed by atoms with Gasteiger partial charge in [0, 0.05) is 26.2 Å². The zero-order chi connectivity index (χ0) is 17.9. The average molecular weight is 347 g/mol. The third kappa shape index (κ3) is 7.23. The molecule has 2 amide bonds. The third-order valence-corrected chi connectivity index (χ3v) is 4.27. The summed E-state index contributed by atoms with van der Waals surface area (Å²) in [6, 6.07) is 9.09. The molecular formula is C19H29N3O3. The van der Waals surface area contributed by atoms with Gasteiger partial charge < -0.3 is 15.4 Å². The highest BCUT2D eigenvalue weighted by Gasteiger charge is 2.20. The Morgan fingerprint density at radius 2 is 1.92 bits per heavy atom. The van der Waals surface area contributed by atoms with E-state index in [0.29, 0.717) is 19.4 Å². The summed E-state index contributed by atoms with van der Waals surface area (Å²) in [7, 11) is 0. The summed E-state index contributed by atoms with van der Waals surface area (Å²) in [5.41, 5.74) is 0.947. The largest absolute Gasteiger partial charge is 0.379 e. The van der Waals surface area contributed by atoms with Crippen molar-refractivity contribution in [3.8, 4) is 0 Å². The lowest BCUT2D eigenvalue weighted by atomic mass is 10.1. The van der Waals surface area contributed by atoms with Gasteiger partial charge in [0.25, 0.3) is 0 Å². The van der Waals surface area contributed by atoms with Crippen molar-refractivity contribution in [2.24, 2.45) is 0 Å². The number of carbonyl (C=O) groups is 2. The number of amides is 2. The fourth-order valence-corrected chi connectivity index (χ4v) is 2.87. The highest BCUT2D eigenvalue weighted by Crippen LogP contribution is 2.02.